The first kappa shape index (κ1) is 18.8. The number of pyridine rings is 1. The molecular weight excluding hydrogens is 378 g/mol. The van der Waals surface area contributed by atoms with Gasteiger partial charge in [0.15, 0.2) is 0 Å². The Kier molecular flexibility index (Phi) is 4.72. The summed E-state index contributed by atoms with van der Waals surface area (Å²) in [4.78, 5) is 4.48. The van der Waals surface area contributed by atoms with Crippen LogP contribution in [0.15, 0.2) is 24.4 Å². The smallest absolute Gasteiger partial charge is 0.147 e. The molecule has 3 heterocycles. The molecule has 0 radical (unpaired) electrons. The molecule has 1 aliphatic carbocycles. The van der Waals surface area contributed by atoms with Crippen molar-refractivity contribution in [3.05, 3.63) is 41.2 Å². The zero-order valence-corrected chi connectivity index (χ0v) is 17.2. The molecule has 30 heavy (non-hydrogen) atoms. The predicted molar refractivity (Wildman–Crippen MR) is 116 cm³/mol. The summed E-state index contributed by atoms with van der Waals surface area (Å²) in [6.45, 7) is 1.90. The van der Waals surface area contributed by atoms with Crippen molar-refractivity contribution in [3.63, 3.8) is 0 Å². The predicted octanol–water partition coefficient (Wildman–Crippen LogP) is 2.84. The van der Waals surface area contributed by atoms with Gasteiger partial charge in [0.1, 0.15) is 23.0 Å². The number of hydrogen-bond acceptors (Lipinski definition) is 6. The number of fused-ring (bicyclic) bond motifs is 1. The third-order valence-electron chi connectivity index (χ3n) is 5.86. The van der Waals surface area contributed by atoms with E-state index in [0.29, 0.717) is 35.0 Å². The Balaban J connectivity index is 1.66. The lowest BCUT2D eigenvalue weighted by Gasteiger charge is -2.13. The highest BCUT2D eigenvalue weighted by atomic mass is 16.5. The molecule has 0 spiro atoms. The second kappa shape index (κ2) is 7.54. The summed E-state index contributed by atoms with van der Waals surface area (Å²) in [5.74, 6) is 8.89. The molecule has 2 aliphatic rings. The van der Waals surface area contributed by atoms with Crippen LogP contribution in [0.3, 0.4) is 0 Å². The molecule has 1 saturated carbocycles. The molecule has 1 aliphatic heterocycles. The average molecular weight is 403 g/mol. The lowest BCUT2D eigenvalue weighted by atomic mass is 10.1. The number of nitrogens with zero attached hydrogens (tertiary/aromatic N) is 3. The maximum Gasteiger partial charge on any atom is 0.147 e. The number of nitrogens with one attached hydrogen (secondary N) is 1. The van der Waals surface area contributed by atoms with E-state index in [-0.39, 0.29) is 0 Å². The minimum Gasteiger partial charge on any atom is -0.497 e. The Labute approximate surface area is 175 Å². The largest absolute Gasteiger partial charge is 0.497 e. The molecule has 5 rings (SSSR count). The lowest BCUT2D eigenvalue weighted by Crippen LogP contribution is -2.15. The number of ether oxygens (including phenoxy) is 2. The standard InChI is InChI=1S/C23H25N5O2/c1-29-17-9-14(10-18(11-17)30-2)3-6-20-21-22(28(27-20)16-7-8-25-12-16)19(15-4-5-15)13-26-23(21)24/h9-11,13,15-16,25H,4-5,7-8,12H2,1-2H3,(H2,24,26)/t16-/m0/s1. The van der Waals surface area contributed by atoms with Crippen molar-refractivity contribution >= 4 is 16.7 Å². The van der Waals surface area contributed by atoms with Crippen LogP contribution >= 0.6 is 0 Å². The van der Waals surface area contributed by atoms with Gasteiger partial charge in [-0.25, -0.2) is 4.98 Å². The topological polar surface area (TPSA) is 87.2 Å². The van der Waals surface area contributed by atoms with Gasteiger partial charge in [0.05, 0.1) is 31.2 Å². The van der Waals surface area contributed by atoms with Crippen molar-refractivity contribution in [3.8, 4) is 23.3 Å². The molecule has 0 bridgehead atoms. The number of benzene rings is 1. The third kappa shape index (κ3) is 3.33. The maximum atomic E-state index is 6.33. The minimum atomic E-state index is 0.305. The van der Waals surface area contributed by atoms with Crippen LogP contribution in [0.25, 0.3) is 10.9 Å². The van der Waals surface area contributed by atoms with Crippen molar-refractivity contribution in [2.24, 2.45) is 0 Å². The fourth-order valence-electron chi connectivity index (χ4n) is 4.12. The number of anilines is 1. The van der Waals surface area contributed by atoms with E-state index in [1.54, 1.807) is 14.2 Å². The first-order valence-corrected chi connectivity index (χ1v) is 10.3. The van der Waals surface area contributed by atoms with Crippen LogP contribution in [-0.4, -0.2) is 42.1 Å². The van der Waals surface area contributed by atoms with Crippen LogP contribution in [0.5, 0.6) is 11.5 Å². The Hall–Kier alpha value is -3.24. The van der Waals surface area contributed by atoms with Crippen molar-refractivity contribution in [2.75, 3.05) is 33.0 Å². The van der Waals surface area contributed by atoms with E-state index in [1.807, 2.05) is 24.4 Å². The Morgan fingerprint density at radius 2 is 1.87 bits per heavy atom. The van der Waals surface area contributed by atoms with Gasteiger partial charge in [0.25, 0.3) is 0 Å². The van der Waals surface area contributed by atoms with Crippen LogP contribution in [-0.2, 0) is 0 Å². The number of methoxy groups -OCH3 is 2. The number of hydrogen-bond donors (Lipinski definition) is 2. The summed E-state index contributed by atoms with van der Waals surface area (Å²) in [6.07, 6.45) is 5.36. The Morgan fingerprint density at radius 3 is 2.50 bits per heavy atom. The molecule has 7 nitrogen and oxygen atoms in total. The fourth-order valence-corrected chi connectivity index (χ4v) is 4.12. The summed E-state index contributed by atoms with van der Waals surface area (Å²) >= 11 is 0. The van der Waals surface area contributed by atoms with E-state index in [0.717, 1.165) is 36.0 Å². The zero-order valence-electron chi connectivity index (χ0n) is 17.2. The van der Waals surface area contributed by atoms with Crippen molar-refractivity contribution < 1.29 is 9.47 Å². The average Bonchev–Trinajstić information content (AvgIpc) is 3.32. The first-order valence-electron chi connectivity index (χ1n) is 10.3. The van der Waals surface area contributed by atoms with Gasteiger partial charge in [0.2, 0.25) is 0 Å². The monoisotopic (exact) mass is 403 g/mol. The number of rotatable bonds is 4. The fraction of sp³-hybridized carbons (Fsp3) is 0.391. The summed E-state index contributed by atoms with van der Waals surface area (Å²) in [5, 5.41) is 9.23. The Morgan fingerprint density at radius 1 is 1.10 bits per heavy atom. The highest BCUT2D eigenvalue weighted by molar-refractivity contribution is 5.95. The van der Waals surface area contributed by atoms with Crippen LogP contribution in [0.4, 0.5) is 5.82 Å². The van der Waals surface area contributed by atoms with Crippen LogP contribution in [0.1, 0.15) is 48.0 Å². The highest BCUT2D eigenvalue weighted by Crippen LogP contribution is 2.44. The van der Waals surface area contributed by atoms with Crippen molar-refractivity contribution in [1.29, 1.82) is 0 Å². The molecule has 3 aromatic rings. The highest BCUT2D eigenvalue weighted by Gasteiger charge is 2.31. The molecule has 7 heteroatoms. The third-order valence-corrected chi connectivity index (χ3v) is 5.86. The molecule has 1 atom stereocenters. The summed E-state index contributed by atoms with van der Waals surface area (Å²) in [6, 6.07) is 5.89. The quantitative estimate of drug-likeness (QED) is 0.652. The van der Waals surface area contributed by atoms with E-state index in [9.17, 15) is 0 Å². The molecular formula is C23H25N5O2. The molecule has 1 saturated heterocycles. The molecule has 154 valence electrons. The molecule has 0 amide bonds. The minimum absolute atomic E-state index is 0.305. The summed E-state index contributed by atoms with van der Waals surface area (Å²) < 4.78 is 12.8. The van der Waals surface area contributed by atoms with E-state index in [4.69, 9.17) is 20.3 Å². The molecule has 1 aromatic carbocycles. The summed E-state index contributed by atoms with van der Waals surface area (Å²) in [5.41, 5.74) is 10.1. The van der Waals surface area contributed by atoms with E-state index in [1.165, 1.54) is 18.4 Å². The van der Waals surface area contributed by atoms with Gasteiger partial charge >= 0.3 is 0 Å². The second-order valence-corrected chi connectivity index (χ2v) is 7.89. The first-order chi connectivity index (χ1) is 14.7. The van der Waals surface area contributed by atoms with Gasteiger partial charge in [-0.15, -0.1) is 0 Å². The molecule has 2 aromatic heterocycles. The normalized spacial score (nSPS) is 18.3. The van der Waals surface area contributed by atoms with Crippen molar-refractivity contribution in [1.82, 2.24) is 20.1 Å². The van der Waals surface area contributed by atoms with Crippen LogP contribution in [0.2, 0.25) is 0 Å². The lowest BCUT2D eigenvalue weighted by molar-refractivity contribution is 0.394. The van der Waals surface area contributed by atoms with Gasteiger partial charge < -0.3 is 20.5 Å². The van der Waals surface area contributed by atoms with E-state index >= 15 is 0 Å². The van der Waals surface area contributed by atoms with Gasteiger partial charge in [-0.3, -0.25) is 4.68 Å². The zero-order chi connectivity index (χ0) is 20.7. The number of nitrogens with two attached hydrogens (primary N) is 1. The van der Waals surface area contributed by atoms with Crippen LogP contribution < -0.4 is 20.5 Å². The van der Waals surface area contributed by atoms with Crippen molar-refractivity contribution in [2.45, 2.75) is 31.2 Å². The second-order valence-electron chi connectivity index (χ2n) is 7.89. The molecule has 0 unspecified atom stereocenters. The van der Waals surface area contributed by atoms with Crippen LogP contribution in [0, 0.1) is 11.8 Å². The molecule has 2 fully saturated rings. The van der Waals surface area contributed by atoms with E-state index in [2.05, 4.69) is 26.8 Å². The van der Waals surface area contributed by atoms with Gasteiger partial charge in [0, 0.05) is 24.4 Å². The number of nitrogen functional groups attached to an aromatic ring is 1. The number of aromatic nitrogens is 3. The summed E-state index contributed by atoms with van der Waals surface area (Å²) in [7, 11) is 3.26. The molecule has 3 N–H and O–H groups in total. The Bertz CT molecular complexity index is 1140. The van der Waals surface area contributed by atoms with Gasteiger partial charge in [-0.1, -0.05) is 5.92 Å². The maximum absolute atomic E-state index is 6.33. The van der Waals surface area contributed by atoms with Gasteiger partial charge in [-0.2, -0.15) is 5.10 Å². The van der Waals surface area contributed by atoms with Gasteiger partial charge in [-0.05, 0) is 55.3 Å². The SMILES string of the molecule is COc1cc(C#Cc2nn([C@H]3CCNC3)c3c(C4CC4)cnc(N)c23)cc(OC)c1. The van der Waals surface area contributed by atoms with E-state index < -0.39 is 0 Å².